The Bertz CT molecular complexity index is 406. The topological polar surface area (TPSA) is 71.5 Å². The Hall–Kier alpha value is -0.980. The molecule has 0 aliphatic rings. The first kappa shape index (κ1) is 15.1. The molecule has 0 saturated heterocycles. The zero-order valence-electron chi connectivity index (χ0n) is 11.3. The summed E-state index contributed by atoms with van der Waals surface area (Å²) in [5.74, 6) is 7.24. The van der Waals surface area contributed by atoms with E-state index in [-0.39, 0.29) is 5.91 Å². The smallest absolute Gasteiger partial charge is 0.268 e. The molecule has 0 aliphatic heterocycles. The molecule has 1 aromatic rings. The molecule has 1 heterocycles. The second kappa shape index (κ2) is 6.82. The summed E-state index contributed by atoms with van der Waals surface area (Å²) in [5.41, 5.74) is 2.61. The number of nitrogen functional groups attached to an aromatic ring is 1. The highest BCUT2D eigenvalue weighted by Crippen LogP contribution is 2.17. The van der Waals surface area contributed by atoms with Gasteiger partial charge in [0.1, 0.15) is 11.5 Å². The summed E-state index contributed by atoms with van der Waals surface area (Å²) < 4.78 is 5.57. The van der Waals surface area contributed by atoms with Gasteiger partial charge in [-0.2, -0.15) is 11.8 Å². The maximum Gasteiger partial charge on any atom is 0.268 e. The lowest BCUT2D eigenvalue weighted by Crippen LogP contribution is -2.30. The molecule has 0 radical (unpaired) electrons. The van der Waals surface area contributed by atoms with E-state index in [1.165, 1.54) is 0 Å². The molecule has 0 bridgehead atoms. The third-order valence-corrected chi connectivity index (χ3v) is 3.73. The highest BCUT2D eigenvalue weighted by atomic mass is 32.2. The number of amides is 1. The Kier molecular flexibility index (Phi) is 5.71. The third kappa shape index (κ3) is 3.76. The van der Waals surface area contributed by atoms with Crippen molar-refractivity contribution in [1.29, 1.82) is 0 Å². The summed E-state index contributed by atoms with van der Waals surface area (Å²) in [6.45, 7) is 4.61. The van der Waals surface area contributed by atoms with Gasteiger partial charge in [-0.05, 0) is 33.2 Å². The van der Waals surface area contributed by atoms with Gasteiger partial charge in [-0.3, -0.25) is 15.1 Å². The Balaban J connectivity index is 2.71. The summed E-state index contributed by atoms with van der Waals surface area (Å²) in [5, 5.41) is 0. The highest BCUT2D eigenvalue weighted by molar-refractivity contribution is 7.98. The zero-order valence-corrected chi connectivity index (χ0v) is 12.1. The van der Waals surface area contributed by atoms with Crippen LogP contribution in [0.4, 0.5) is 0 Å². The van der Waals surface area contributed by atoms with Gasteiger partial charge in [-0.1, -0.05) is 0 Å². The number of carbonyl (C=O) groups is 1. The Labute approximate surface area is 112 Å². The van der Waals surface area contributed by atoms with Crippen LogP contribution >= 0.6 is 11.8 Å². The fourth-order valence-electron chi connectivity index (χ4n) is 1.69. The minimum Gasteiger partial charge on any atom is -0.464 e. The van der Waals surface area contributed by atoms with Gasteiger partial charge in [0.2, 0.25) is 0 Å². The Morgan fingerprint density at radius 1 is 1.67 bits per heavy atom. The van der Waals surface area contributed by atoms with Crippen molar-refractivity contribution in [2.24, 2.45) is 5.84 Å². The molecular weight excluding hydrogens is 250 g/mol. The lowest BCUT2D eigenvalue weighted by molar-refractivity contribution is 0.0952. The number of nitrogens with two attached hydrogens (primary N) is 1. The average molecular weight is 271 g/mol. The summed E-state index contributed by atoms with van der Waals surface area (Å²) in [7, 11) is 2.04. The molecule has 1 atom stereocenters. The quantitative estimate of drug-likeness (QED) is 0.464. The van der Waals surface area contributed by atoms with Crippen LogP contribution in [-0.4, -0.2) is 35.9 Å². The molecule has 5 nitrogen and oxygen atoms in total. The number of nitrogens with zero attached hydrogens (tertiary/aromatic N) is 1. The van der Waals surface area contributed by atoms with Crippen LogP contribution in [0, 0.1) is 6.92 Å². The molecule has 0 spiro atoms. The highest BCUT2D eigenvalue weighted by Gasteiger charge is 2.16. The van der Waals surface area contributed by atoms with Crippen LogP contribution in [0.1, 0.15) is 28.8 Å². The Morgan fingerprint density at radius 2 is 2.33 bits per heavy atom. The maximum atomic E-state index is 11.5. The zero-order chi connectivity index (χ0) is 13.7. The maximum absolute atomic E-state index is 11.5. The molecule has 0 aromatic carbocycles. The number of hydrogen-bond donors (Lipinski definition) is 2. The van der Waals surface area contributed by atoms with Crippen molar-refractivity contribution < 1.29 is 9.21 Å². The van der Waals surface area contributed by atoms with E-state index in [1.54, 1.807) is 13.0 Å². The van der Waals surface area contributed by atoms with Crippen molar-refractivity contribution in [2.75, 3.05) is 19.1 Å². The number of rotatable bonds is 6. The molecule has 18 heavy (non-hydrogen) atoms. The summed E-state index contributed by atoms with van der Waals surface area (Å²) in [6.07, 6.45) is 2.09. The molecule has 0 saturated carbocycles. The second-order valence-electron chi connectivity index (χ2n) is 4.38. The molecular formula is C12H21N3O2S. The Morgan fingerprint density at radius 3 is 2.89 bits per heavy atom. The van der Waals surface area contributed by atoms with Crippen LogP contribution in [0.5, 0.6) is 0 Å². The van der Waals surface area contributed by atoms with Crippen LogP contribution in [0.25, 0.3) is 0 Å². The molecule has 102 valence electrons. The number of thioether (sulfide) groups is 1. The SMILES string of the molecule is CSCC(C)N(C)Cc1cc(C(=O)NN)c(C)o1. The van der Waals surface area contributed by atoms with Gasteiger partial charge in [0.25, 0.3) is 5.91 Å². The number of hydrogen-bond acceptors (Lipinski definition) is 5. The normalized spacial score (nSPS) is 12.8. The molecule has 1 rings (SSSR count). The van der Waals surface area contributed by atoms with Gasteiger partial charge in [0.05, 0.1) is 12.1 Å². The van der Waals surface area contributed by atoms with E-state index in [2.05, 4.69) is 23.5 Å². The first-order valence-electron chi connectivity index (χ1n) is 5.79. The van der Waals surface area contributed by atoms with Gasteiger partial charge in [0.15, 0.2) is 0 Å². The molecule has 6 heteroatoms. The van der Waals surface area contributed by atoms with Crippen LogP contribution in [0.15, 0.2) is 10.5 Å². The fraction of sp³-hybridized carbons (Fsp3) is 0.583. The second-order valence-corrected chi connectivity index (χ2v) is 5.29. The van der Waals surface area contributed by atoms with Crippen LogP contribution < -0.4 is 11.3 Å². The number of hydrazine groups is 1. The van der Waals surface area contributed by atoms with Gasteiger partial charge in [-0.25, -0.2) is 5.84 Å². The van der Waals surface area contributed by atoms with Crippen molar-refractivity contribution in [2.45, 2.75) is 26.4 Å². The number of nitrogens with one attached hydrogen (secondary N) is 1. The van der Waals surface area contributed by atoms with Crippen LogP contribution in [0.2, 0.25) is 0 Å². The number of carbonyl (C=O) groups excluding carboxylic acids is 1. The van der Waals surface area contributed by atoms with E-state index in [1.807, 2.05) is 18.8 Å². The van der Waals surface area contributed by atoms with Crippen molar-refractivity contribution >= 4 is 17.7 Å². The lowest BCUT2D eigenvalue weighted by atomic mass is 10.2. The van der Waals surface area contributed by atoms with Crippen molar-refractivity contribution in [3.8, 4) is 0 Å². The molecule has 0 aliphatic carbocycles. The summed E-state index contributed by atoms with van der Waals surface area (Å²) in [4.78, 5) is 13.7. The molecule has 1 unspecified atom stereocenters. The van der Waals surface area contributed by atoms with Crippen LogP contribution in [-0.2, 0) is 6.54 Å². The van der Waals surface area contributed by atoms with Gasteiger partial charge in [0, 0.05) is 11.8 Å². The first-order chi connectivity index (χ1) is 8.49. The fourth-order valence-corrected chi connectivity index (χ4v) is 2.43. The van der Waals surface area contributed by atoms with Gasteiger partial charge >= 0.3 is 0 Å². The minimum atomic E-state index is -0.317. The minimum absolute atomic E-state index is 0.317. The molecule has 3 N–H and O–H groups in total. The van der Waals surface area contributed by atoms with Crippen molar-refractivity contribution in [3.05, 3.63) is 23.2 Å². The predicted molar refractivity (Wildman–Crippen MR) is 74.4 cm³/mol. The average Bonchev–Trinajstić information content (AvgIpc) is 2.69. The summed E-state index contributed by atoms with van der Waals surface area (Å²) >= 11 is 1.81. The third-order valence-electron chi connectivity index (χ3n) is 2.91. The van der Waals surface area contributed by atoms with Gasteiger partial charge in [-0.15, -0.1) is 0 Å². The van der Waals surface area contributed by atoms with E-state index < -0.39 is 0 Å². The largest absolute Gasteiger partial charge is 0.464 e. The van der Waals surface area contributed by atoms with E-state index in [0.29, 0.717) is 23.9 Å². The molecule has 0 fully saturated rings. The predicted octanol–water partition coefficient (Wildman–Crippen LogP) is 1.37. The van der Waals surface area contributed by atoms with Crippen molar-refractivity contribution in [1.82, 2.24) is 10.3 Å². The molecule has 1 aromatic heterocycles. The van der Waals surface area contributed by atoms with E-state index in [0.717, 1.165) is 11.5 Å². The van der Waals surface area contributed by atoms with E-state index in [4.69, 9.17) is 10.3 Å². The standard InChI is InChI=1S/C12H21N3O2S/c1-8(7-18-4)15(3)6-10-5-11(9(2)17-10)12(16)14-13/h5,8H,6-7,13H2,1-4H3,(H,14,16). The van der Waals surface area contributed by atoms with Crippen LogP contribution in [0.3, 0.4) is 0 Å². The first-order valence-corrected chi connectivity index (χ1v) is 7.18. The summed E-state index contributed by atoms with van der Waals surface area (Å²) in [6, 6.07) is 2.21. The monoisotopic (exact) mass is 271 g/mol. The van der Waals surface area contributed by atoms with Crippen molar-refractivity contribution in [3.63, 3.8) is 0 Å². The lowest BCUT2D eigenvalue weighted by Gasteiger charge is -2.22. The van der Waals surface area contributed by atoms with E-state index >= 15 is 0 Å². The number of furan rings is 1. The van der Waals surface area contributed by atoms with Gasteiger partial charge < -0.3 is 4.42 Å². The van der Waals surface area contributed by atoms with E-state index in [9.17, 15) is 4.79 Å². The molecule has 1 amide bonds. The number of aryl methyl sites for hydroxylation is 1.